The predicted octanol–water partition coefficient (Wildman–Crippen LogP) is 4.08. The monoisotopic (exact) mass is 283 g/mol. The maximum absolute atomic E-state index is 14.0. The Morgan fingerprint density at radius 3 is 2.86 bits per heavy atom. The van der Waals surface area contributed by atoms with Crippen LogP contribution in [0.2, 0.25) is 0 Å². The van der Waals surface area contributed by atoms with Gasteiger partial charge in [-0.3, -0.25) is 0 Å². The molecule has 0 spiro atoms. The van der Waals surface area contributed by atoms with E-state index in [9.17, 15) is 4.39 Å². The lowest BCUT2D eigenvalue weighted by atomic mass is 10.1. The molecule has 0 unspecified atom stereocenters. The Morgan fingerprint density at radius 2 is 2.05 bits per heavy atom. The summed E-state index contributed by atoms with van der Waals surface area (Å²) in [6.45, 7) is 2.58. The summed E-state index contributed by atoms with van der Waals surface area (Å²) in [5, 5.41) is 7.46. The molecule has 0 saturated heterocycles. The Bertz CT molecular complexity index is 777. The van der Waals surface area contributed by atoms with E-state index in [4.69, 9.17) is 0 Å². The summed E-state index contributed by atoms with van der Waals surface area (Å²) >= 11 is 0. The molecule has 0 amide bonds. The maximum Gasteiger partial charge on any atom is 0.149 e. The first-order chi connectivity index (χ1) is 10.2. The second-order valence-electron chi connectivity index (χ2n) is 5.17. The molecule has 1 aromatic heterocycles. The molecule has 0 atom stereocenters. The Kier molecular flexibility index (Phi) is 3.62. The molecule has 0 fully saturated rings. The third-order valence-corrected chi connectivity index (χ3v) is 3.61. The number of benzene rings is 2. The second-order valence-corrected chi connectivity index (χ2v) is 5.17. The average Bonchev–Trinajstić information content (AvgIpc) is 2.87. The largest absolute Gasteiger partial charge is 0.361 e. The number of H-pyrrole nitrogens is 1. The van der Waals surface area contributed by atoms with Crippen molar-refractivity contribution < 1.29 is 4.39 Å². The first kappa shape index (κ1) is 13.6. The number of rotatable bonds is 4. The Morgan fingerprint density at radius 1 is 1.19 bits per heavy atom. The van der Waals surface area contributed by atoms with Crippen LogP contribution in [0, 0.1) is 12.7 Å². The highest BCUT2D eigenvalue weighted by molar-refractivity contribution is 5.87. The van der Waals surface area contributed by atoms with E-state index in [1.807, 2.05) is 31.4 Å². The number of nitrogens with one attached hydrogen (secondary N) is 3. The van der Waals surface area contributed by atoms with E-state index in [1.54, 1.807) is 19.1 Å². The standard InChI is InChI=1S/C17H18FN3/c1-11-4-3-5-15(17(11)18)21-13-6-7-14-12(9-19-2)10-20-16(14)8-13/h3-8,10,19-21H,9H2,1-2H3. The molecule has 0 radical (unpaired) electrons. The number of halogens is 1. The van der Waals surface area contributed by atoms with Gasteiger partial charge in [-0.05, 0) is 43.3 Å². The van der Waals surface area contributed by atoms with Gasteiger partial charge in [-0.25, -0.2) is 4.39 Å². The lowest BCUT2D eigenvalue weighted by Gasteiger charge is -2.09. The van der Waals surface area contributed by atoms with Crippen molar-refractivity contribution in [3.63, 3.8) is 0 Å². The van der Waals surface area contributed by atoms with E-state index in [-0.39, 0.29) is 5.82 Å². The molecule has 0 saturated carbocycles. The van der Waals surface area contributed by atoms with Crippen LogP contribution in [0.4, 0.5) is 15.8 Å². The van der Waals surface area contributed by atoms with Crippen LogP contribution in [-0.4, -0.2) is 12.0 Å². The molecule has 21 heavy (non-hydrogen) atoms. The molecule has 3 rings (SSSR count). The van der Waals surface area contributed by atoms with Gasteiger partial charge in [0.2, 0.25) is 0 Å². The third kappa shape index (κ3) is 2.62. The van der Waals surface area contributed by atoms with Gasteiger partial charge in [0.15, 0.2) is 0 Å². The first-order valence-electron chi connectivity index (χ1n) is 6.96. The molecule has 0 bridgehead atoms. The average molecular weight is 283 g/mol. The van der Waals surface area contributed by atoms with E-state index >= 15 is 0 Å². The van der Waals surface area contributed by atoms with Crippen LogP contribution in [0.25, 0.3) is 10.9 Å². The van der Waals surface area contributed by atoms with E-state index in [0.29, 0.717) is 11.3 Å². The zero-order chi connectivity index (χ0) is 14.8. The fraction of sp³-hybridized carbons (Fsp3) is 0.176. The highest BCUT2D eigenvalue weighted by Gasteiger charge is 2.07. The number of hydrogen-bond acceptors (Lipinski definition) is 2. The van der Waals surface area contributed by atoms with Gasteiger partial charge in [0.05, 0.1) is 5.69 Å². The van der Waals surface area contributed by atoms with Gasteiger partial charge in [0, 0.05) is 29.3 Å². The molecule has 2 aromatic carbocycles. The molecule has 3 aromatic rings. The predicted molar refractivity (Wildman–Crippen MR) is 85.5 cm³/mol. The smallest absolute Gasteiger partial charge is 0.149 e. The van der Waals surface area contributed by atoms with Crippen LogP contribution < -0.4 is 10.6 Å². The minimum Gasteiger partial charge on any atom is -0.361 e. The van der Waals surface area contributed by atoms with Crippen molar-refractivity contribution in [1.82, 2.24) is 10.3 Å². The van der Waals surface area contributed by atoms with Crippen molar-refractivity contribution in [3.05, 3.63) is 59.5 Å². The van der Waals surface area contributed by atoms with Crippen molar-refractivity contribution >= 4 is 22.3 Å². The second kappa shape index (κ2) is 5.58. The van der Waals surface area contributed by atoms with Gasteiger partial charge in [0.25, 0.3) is 0 Å². The SMILES string of the molecule is CNCc1c[nH]c2cc(Nc3cccc(C)c3F)ccc12. The van der Waals surface area contributed by atoms with Gasteiger partial charge < -0.3 is 15.6 Å². The van der Waals surface area contributed by atoms with Gasteiger partial charge in [-0.1, -0.05) is 18.2 Å². The van der Waals surface area contributed by atoms with Crippen LogP contribution in [-0.2, 0) is 6.54 Å². The van der Waals surface area contributed by atoms with Crippen LogP contribution in [0.3, 0.4) is 0 Å². The molecule has 0 aliphatic rings. The molecule has 0 aliphatic carbocycles. The van der Waals surface area contributed by atoms with Crippen LogP contribution in [0.1, 0.15) is 11.1 Å². The summed E-state index contributed by atoms with van der Waals surface area (Å²) in [6, 6.07) is 11.4. The molecule has 108 valence electrons. The summed E-state index contributed by atoms with van der Waals surface area (Å²) in [7, 11) is 1.93. The summed E-state index contributed by atoms with van der Waals surface area (Å²) in [6.07, 6.45) is 2.00. The lowest BCUT2D eigenvalue weighted by molar-refractivity contribution is 0.622. The molecular formula is C17H18FN3. The highest BCUT2D eigenvalue weighted by Crippen LogP contribution is 2.26. The summed E-state index contributed by atoms with van der Waals surface area (Å²) in [4.78, 5) is 3.25. The third-order valence-electron chi connectivity index (χ3n) is 3.61. The number of hydrogen-bond donors (Lipinski definition) is 3. The maximum atomic E-state index is 14.0. The van der Waals surface area contributed by atoms with Crippen molar-refractivity contribution in [1.29, 1.82) is 0 Å². The van der Waals surface area contributed by atoms with Crippen molar-refractivity contribution in [2.24, 2.45) is 0 Å². The number of anilines is 2. The van der Waals surface area contributed by atoms with Crippen molar-refractivity contribution in [2.45, 2.75) is 13.5 Å². The van der Waals surface area contributed by atoms with Gasteiger partial charge in [-0.15, -0.1) is 0 Å². The minimum absolute atomic E-state index is 0.208. The summed E-state index contributed by atoms with van der Waals surface area (Å²) in [5.74, 6) is -0.208. The Hall–Kier alpha value is -2.33. The van der Waals surface area contributed by atoms with E-state index in [1.165, 1.54) is 10.9 Å². The Labute approximate surface area is 123 Å². The van der Waals surface area contributed by atoms with Crippen molar-refractivity contribution in [3.8, 4) is 0 Å². The molecule has 3 nitrogen and oxygen atoms in total. The number of aryl methyl sites for hydroxylation is 1. The minimum atomic E-state index is -0.208. The molecule has 4 heteroatoms. The molecule has 1 heterocycles. The zero-order valence-corrected chi connectivity index (χ0v) is 12.1. The van der Waals surface area contributed by atoms with E-state index in [2.05, 4.69) is 21.7 Å². The van der Waals surface area contributed by atoms with Crippen LogP contribution in [0.15, 0.2) is 42.6 Å². The molecule has 0 aliphatic heterocycles. The number of aromatic amines is 1. The van der Waals surface area contributed by atoms with Gasteiger partial charge in [-0.2, -0.15) is 0 Å². The quantitative estimate of drug-likeness (QED) is 0.675. The Balaban J connectivity index is 1.93. The first-order valence-corrected chi connectivity index (χ1v) is 6.96. The zero-order valence-electron chi connectivity index (χ0n) is 12.1. The van der Waals surface area contributed by atoms with Crippen LogP contribution >= 0.6 is 0 Å². The molecular weight excluding hydrogens is 265 g/mol. The number of fused-ring (bicyclic) bond motifs is 1. The highest BCUT2D eigenvalue weighted by atomic mass is 19.1. The topological polar surface area (TPSA) is 39.9 Å². The van der Waals surface area contributed by atoms with Gasteiger partial charge in [0.1, 0.15) is 5.82 Å². The fourth-order valence-corrected chi connectivity index (χ4v) is 2.50. The van der Waals surface area contributed by atoms with E-state index < -0.39 is 0 Å². The summed E-state index contributed by atoms with van der Waals surface area (Å²) < 4.78 is 14.0. The van der Waals surface area contributed by atoms with Crippen LogP contribution in [0.5, 0.6) is 0 Å². The van der Waals surface area contributed by atoms with E-state index in [0.717, 1.165) is 17.7 Å². The fourth-order valence-electron chi connectivity index (χ4n) is 2.50. The van der Waals surface area contributed by atoms with Crippen molar-refractivity contribution in [2.75, 3.05) is 12.4 Å². The van der Waals surface area contributed by atoms with Gasteiger partial charge >= 0.3 is 0 Å². The number of aromatic nitrogens is 1. The lowest BCUT2D eigenvalue weighted by Crippen LogP contribution is -2.03. The normalized spacial score (nSPS) is 11.0. The summed E-state index contributed by atoms with van der Waals surface area (Å²) in [5.41, 5.74) is 4.26. The molecule has 3 N–H and O–H groups in total.